The molecule has 1 aliphatic carbocycles. The molecule has 0 amide bonds. The van der Waals surface area contributed by atoms with Crippen molar-refractivity contribution in [1.29, 1.82) is 5.26 Å². The summed E-state index contributed by atoms with van der Waals surface area (Å²) in [6.07, 6.45) is 3.09. The average Bonchev–Trinajstić information content (AvgIpc) is 3.20. The molecule has 158 valence electrons. The van der Waals surface area contributed by atoms with Gasteiger partial charge in [-0.05, 0) is 25.0 Å². The van der Waals surface area contributed by atoms with E-state index in [2.05, 4.69) is 21.2 Å². The Labute approximate surface area is 180 Å². The van der Waals surface area contributed by atoms with Crippen LogP contribution >= 0.6 is 11.6 Å². The first-order valence-corrected chi connectivity index (χ1v) is 9.93. The average molecular weight is 441 g/mol. The molecule has 0 aliphatic heterocycles. The summed E-state index contributed by atoms with van der Waals surface area (Å²) in [6.45, 7) is 0.501. The Morgan fingerprint density at radius 1 is 1.32 bits per heavy atom. The number of ether oxygens (including phenoxy) is 2. The zero-order valence-corrected chi connectivity index (χ0v) is 17.5. The lowest BCUT2D eigenvalue weighted by Gasteiger charge is -2.14. The van der Waals surface area contributed by atoms with Crippen molar-refractivity contribution in [1.82, 2.24) is 24.1 Å². The first kappa shape index (κ1) is 19.7. The van der Waals surface area contributed by atoms with Crippen LogP contribution in [0.1, 0.15) is 24.3 Å². The lowest BCUT2D eigenvalue weighted by atomic mass is 10.1. The molecular formula is C20H17ClN6O4. The predicted octanol–water partition coefficient (Wildman–Crippen LogP) is 2.51. The lowest BCUT2D eigenvalue weighted by Crippen LogP contribution is -2.25. The molecule has 0 saturated heterocycles. The monoisotopic (exact) mass is 440 g/mol. The summed E-state index contributed by atoms with van der Waals surface area (Å²) in [7, 11) is 3.14. The van der Waals surface area contributed by atoms with Gasteiger partial charge in [0.15, 0.2) is 0 Å². The summed E-state index contributed by atoms with van der Waals surface area (Å²) < 4.78 is 19.2. The van der Waals surface area contributed by atoms with E-state index in [1.54, 1.807) is 30.8 Å². The molecular weight excluding hydrogens is 424 g/mol. The zero-order valence-electron chi connectivity index (χ0n) is 16.8. The number of hydrogen-bond donors (Lipinski definition) is 0. The number of nitriles is 1. The summed E-state index contributed by atoms with van der Waals surface area (Å²) in [4.78, 5) is 22.4. The maximum atomic E-state index is 13.5. The number of halogens is 1. The Hall–Kier alpha value is -3.26. The van der Waals surface area contributed by atoms with Gasteiger partial charge in [-0.25, -0.2) is 4.98 Å². The van der Waals surface area contributed by atoms with Gasteiger partial charge in [0.2, 0.25) is 5.82 Å². The third-order valence-corrected chi connectivity index (χ3v) is 5.92. The van der Waals surface area contributed by atoms with Crippen molar-refractivity contribution in [2.24, 2.45) is 0 Å². The molecule has 0 radical (unpaired) electrons. The third kappa shape index (κ3) is 2.85. The van der Waals surface area contributed by atoms with Crippen LogP contribution in [-0.2, 0) is 21.6 Å². The molecule has 5 rings (SSSR count). The van der Waals surface area contributed by atoms with Crippen molar-refractivity contribution in [3.8, 4) is 17.6 Å². The fraction of sp³-hybridized carbons (Fsp3) is 0.350. The highest BCUT2D eigenvalue weighted by Crippen LogP contribution is 2.48. The van der Waals surface area contributed by atoms with E-state index in [0.717, 1.165) is 12.8 Å². The van der Waals surface area contributed by atoms with Crippen LogP contribution in [0.25, 0.3) is 28.1 Å². The minimum atomic E-state index is -0.551. The van der Waals surface area contributed by atoms with E-state index in [9.17, 15) is 10.1 Å². The fourth-order valence-electron chi connectivity index (χ4n) is 3.78. The van der Waals surface area contributed by atoms with Crippen LogP contribution in [0.5, 0.6) is 0 Å². The van der Waals surface area contributed by atoms with Gasteiger partial charge >= 0.3 is 0 Å². The molecule has 4 aromatic rings. The van der Waals surface area contributed by atoms with Gasteiger partial charge in [-0.2, -0.15) is 10.2 Å². The second-order valence-corrected chi connectivity index (χ2v) is 7.69. The summed E-state index contributed by atoms with van der Waals surface area (Å²) in [6, 6.07) is 5.46. The number of imidazole rings is 1. The molecule has 10 nitrogen and oxygen atoms in total. The van der Waals surface area contributed by atoms with Gasteiger partial charge in [-0.15, -0.1) is 0 Å². The maximum Gasteiger partial charge on any atom is 0.277 e. The van der Waals surface area contributed by atoms with E-state index in [0.29, 0.717) is 16.9 Å². The normalized spacial score (nSPS) is 14.9. The number of hydrogen-bond acceptors (Lipinski definition) is 8. The quantitative estimate of drug-likeness (QED) is 0.448. The van der Waals surface area contributed by atoms with Crippen molar-refractivity contribution in [3.63, 3.8) is 0 Å². The molecule has 31 heavy (non-hydrogen) atoms. The number of rotatable bonds is 6. The standard InChI is InChI=1S/C20H17ClN6O4/c1-29-8-7-26-15-11(9-22)12(21)3-4-13(15)27-10-23-14(16(27)18(26)28)17-24-19(31-25-17)20(30-2)5-6-20/h3-4,10H,5-8H2,1-2H3. The van der Waals surface area contributed by atoms with Crippen molar-refractivity contribution in [2.75, 3.05) is 20.8 Å². The second-order valence-electron chi connectivity index (χ2n) is 7.28. The predicted molar refractivity (Wildman–Crippen MR) is 110 cm³/mol. The molecule has 0 N–H and O–H groups in total. The third-order valence-electron chi connectivity index (χ3n) is 5.60. The highest BCUT2D eigenvalue weighted by Gasteiger charge is 2.50. The van der Waals surface area contributed by atoms with Crippen LogP contribution in [0.3, 0.4) is 0 Å². The number of methoxy groups -OCH3 is 2. The highest BCUT2D eigenvalue weighted by molar-refractivity contribution is 6.32. The van der Waals surface area contributed by atoms with Gasteiger partial charge in [0.1, 0.15) is 29.2 Å². The number of aromatic nitrogens is 5. The SMILES string of the molecule is COCCn1c(=O)c2c(-c3noc(C4(OC)CC4)n3)ncn2c2ccc(Cl)c(C#N)c21. The van der Waals surface area contributed by atoms with Crippen LogP contribution < -0.4 is 5.56 Å². The highest BCUT2D eigenvalue weighted by atomic mass is 35.5. The molecule has 0 spiro atoms. The number of nitrogens with zero attached hydrogens (tertiary/aromatic N) is 6. The Morgan fingerprint density at radius 2 is 2.13 bits per heavy atom. The van der Waals surface area contributed by atoms with Crippen LogP contribution in [0.4, 0.5) is 0 Å². The van der Waals surface area contributed by atoms with E-state index in [1.165, 1.54) is 10.9 Å². The maximum absolute atomic E-state index is 13.5. The lowest BCUT2D eigenvalue weighted by molar-refractivity contribution is 0.0492. The van der Waals surface area contributed by atoms with Gasteiger partial charge in [-0.3, -0.25) is 9.20 Å². The summed E-state index contributed by atoms with van der Waals surface area (Å²) in [5, 5.41) is 14.0. The first-order valence-electron chi connectivity index (χ1n) is 9.55. The minimum absolute atomic E-state index is 0.199. The Morgan fingerprint density at radius 3 is 2.81 bits per heavy atom. The van der Waals surface area contributed by atoms with E-state index >= 15 is 0 Å². The largest absolute Gasteiger partial charge is 0.383 e. The number of benzene rings is 1. The summed E-state index contributed by atoms with van der Waals surface area (Å²) >= 11 is 6.24. The molecule has 1 saturated carbocycles. The van der Waals surface area contributed by atoms with Crippen LogP contribution in [-0.4, -0.2) is 44.9 Å². The molecule has 3 heterocycles. The van der Waals surface area contributed by atoms with Crippen LogP contribution in [0.2, 0.25) is 5.02 Å². The van der Waals surface area contributed by atoms with Crippen LogP contribution in [0.15, 0.2) is 27.8 Å². The second kappa shape index (κ2) is 7.16. The van der Waals surface area contributed by atoms with E-state index in [1.807, 2.05) is 0 Å². The van der Waals surface area contributed by atoms with E-state index < -0.39 is 5.60 Å². The molecule has 0 bridgehead atoms. The van der Waals surface area contributed by atoms with Gasteiger partial charge in [0.05, 0.1) is 28.2 Å². The van der Waals surface area contributed by atoms with Crippen LogP contribution in [0, 0.1) is 11.3 Å². The molecule has 1 aliphatic rings. The van der Waals surface area contributed by atoms with Gasteiger partial charge in [0, 0.05) is 20.8 Å². The first-order chi connectivity index (χ1) is 15.0. The fourth-order valence-corrected chi connectivity index (χ4v) is 3.97. The Bertz CT molecular complexity index is 1430. The van der Waals surface area contributed by atoms with Gasteiger partial charge in [0.25, 0.3) is 11.4 Å². The molecule has 11 heteroatoms. The Balaban J connectivity index is 1.80. The molecule has 0 unspecified atom stereocenters. The van der Waals surface area contributed by atoms with Crippen molar-refractivity contribution in [2.45, 2.75) is 25.0 Å². The molecule has 0 atom stereocenters. The molecule has 1 fully saturated rings. The van der Waals surface area contributed by atoms with E-state index in [-0.39, 0.29) is 46.3 Å². The molecule has 3 aromatic heterocycles. The van der Waals surface area contributed by atoms with Gasteiger partial charge in [-0.1, -0.05) is 16.8 Å². The Kier molecular flexibility index (Phi) is 4.55. The van der Waals surface area contributed by atoms with Crippen molar-refractivity contribution < 1.29 is 14.0 Å². The zero-order chi connectivity index (χ0) is 21.8. The van der Waals surface area contributed by atoms with E-state index in [4.69, 9.17) is 25.6 Å². The topological polar surface area (TPSA) is 120 Å². The number of fused-ring (bicyclic) bond motifs is 3. The van der Waals surface area contributed by atoms with Gasteiger partial charge < -0.3 is 18.6 Å². The smallest absolute Gasteiger partial charge is 0.277 e. The summed E-state index contributed by atoms with van der Waals surface area (Å²) in [5.41, 5.74) is 0.864. The minimum Gasteiger partial charge on any atom is -0.383 e. The van der Waals surface area contributed by atoms with Crippen molar-refractivity contribution in [3.05, 3.63) is 45.3 Å². The summed E-state index contributed by atoms with van der Waals surface area (Å²) in [5.74, 6) is 0.565. The molecule has 1 aromatic carbocycles. The van der Waals surface area contributed by atoms with Crippen molar-refractivity contribution >= 4 is 28.2 Å².